The van der Waals surface area contributed by atoms with Crippen molar-refractivity contribution in [2.24, 2.45) is 5.18 Å². The molecule has 0 aliphatic rings. The molecule has 0 fully saturated rings. The standard InChI is InChI=1S/C16H11F3N2O3/c17-16(18,19)11-6-8-12(9-7-11)20-15(23)13(21-24)14(22)10-4-2-1-3-5-10/h1-9,22H,(H,20,23). The SMILES string of the molecule is O=NC(C(=O)Nc1ccc(C(F)(F)F)cc1)=C(O)c1ccccc1. The van der Waals surface area contributed by atoms with E-state index in [0.717, 1.165) is 24.3 Å². The molecule has 2 rings (SSSR count). The van der Waals surface area contributed by atoms with Gasteiger partial charge in [0, 0.05) is 11.3 Å². The van der Waals surface area contributed by atoms with Crippen molar-refractivity contribution >= 4 is 17.4 Å². The first-order chi connectivity index (χ1) is 11.3. The Kier molecular flexibility index (Phi) is 4.98. The topological polar surface area (TPSA) is 78.8 Å². The number of aliphatic hydroxyl groups excluding tert-OH is 1. The average Bonchev–Trinajstić information content (AvgIpc) is 2.56. The summed E-state index contributed by atoms with van der Waals surface area (Å²) in [6, 6.07) is 11.4. The van der Waals surface area contributed by atoms with Gasteiger partial charge in [-0.1, -0.05) is 30.3 Å². The number of carbonyl (C=O) groups excluding carboxylic acids is 1. The summed E-state index contributed by atoms with van der Waals surface area (Å²) in [5.74, 6) is -1.67. The second-order valence-corrected chi connectivity index (χ2v) is 4.68. The lowest BCUT2D eigenvalue weighted by Crippen LogP contribution is -2.15. The average molecular weight is 336 g/mol. The second kappa shape index (κ2) is 6.95. The summed E-state index contributed by atoms with van der Waals surface area (Å²) in [4.78, 5) is 22.9. The first-order valence-corrected chi connectivity index (χ1v) is 6.63. The molecule has 0 saturated carbocycles. The number of amides is 1. The van der Waals surface area contributed by atoms with Crippen LogP contribution in [0, 0.1) is 4.91 Å². The smallest absolute Gasteiger partial charge is 0.416 e. The molecule has 2 aromatic carbocycles. The molecular formula is C16H11F3N2O3. The number of nitrogens with one attached hydrogen (secondary N) is 1. The number of hydrogen-bond acceptors (Lipinski definition) is 4. The lowest BCUT2D eigenvalue weighted by Gasteiger charge is -2.09. The van der Waals surface area contributed by atoms with Gasteiger partial charge in [-0.3, -0.25) is 4.79 Å². The summed E-state index contributed by atoms with van der Waals surface area (Å²) in [5, 5.41) is 14.7. The van der Waals surface area contributed by atoms with Crippen LogP contribution < -0.4 is 5.32 Å². The number of nitroso groups, excluding NO2 is 1. The maximum atomic E-state index is 12.5. The molecule has 0 aliphatic carbocycles. The van der Waals surface area contributed by atoms with E-state index in [0.29, 0.717) is 0 Å². The van der Waals surface area contributed by atoms with Crippen LogP contribution in [0.15, 0.2) is 65.5 Å². The molecule has 0 aromatic heterocycles. The van der Waals surface area contributed by atoms with Gasteiger partial charge in [-0.2, -0.15) is 13.2 Å². The zero-order valence-corrected chi connectivity index (χ0v) is 12.0. The zero-order valence-electron chi connectivity index (χ0n) is 12.0. The predicted molar refractivity (Wildman–Crippen MR) is 81.9 cm³/mol. The fourth-order valence-electron chi connectivity index (χ4n) is 1.86. The second-order valence-electron chi connectivity index (χ2n) is 4.68. The van der Waals surface area contributed by atoms with Gasteiger partial charge in [0.15, 0.2) is 5.76 Å². The first-order valence-electron chi connectivity index (χ1n) is 6.63. The Labute approximate surface area is 134 Å². The predicted octanol–water partition coefficient (Wildman–Crippen LogP) is 4.34. The molecule has 2 aromatic rings. The first kappa shape index (κ1) is 17.2. The minimum Gasteiger partial charge on any atom is -0.505 e. The maximum absolute atomic E-state index is 12.5. The van der Waals surface area contributed by atoms with Crippen molar-refractivity contribution in [3.05, 3.63) is 76.3 Å². The Bertz CT molecular complexity index is 769. The van der Waals surface area contributed by atoms with Crippen LogP contribution in [0.2, 0.25) is 0 Å². The summed E-state index contributed by atoms with van der Waals surface area (Å²) in [6.45, 7) is 0. The van der Waals surface area contributed by atoms with E-state index in [1.807, 2.05) is 0 Å². The lowest BCUT2D eigenvalue weighted by atomic mass is 10.1. The van der Waals surface area contributed by atoms with Gasteiger partial charge in [-0.15, -0.1) is 4.91 Å². The van der Waals surface area contributed by atoms with Crippen LogP contribution in [-0.4, -0.2) is 11.0 Å². The summed E-state index contributed by atoms with van der Waals surface area (Å²) in [7, 11) is 0. The number of nitrogens with zero attached hydrogens (tertiary/aromatic N) is 1. The van der Waals surface area contributed by atoms with Crippen LogP contribution in [0.5, 0.6) is 0 Å². The van der Waals surface area contributed by atoms with Gasteiger partial charge in [-0.05, 0) is 29.4 Å². The highest BCUT2D eigenvalue weighted by Crippen LogP contribution is 2.30. The number of benzene rings is 2. The highest BCUT2D eigenvalue weighted by Gasteiger charge is 2.30. The van der Waals surface area contributed by atoms with Gasteiger partial charge in [0.1, 0.15) is 0 Å². The summed E-state index contributed by atoms with van der Waals surface area (Å²) in [5.41, 5.74) is -1.43. The Morgan fingerprint density at radius 1 is 1.00 bits per heavy atom. The third-order valence-corrected chi connectivity index (χ3v) is 3.05. The molecular weight excluding hydrogens is 325 g/mol. The minimum atomic E-state index is -4.50. The largest absolute Gasteiger partial charge is 0.505 e. The van der Waals surface area contributed by atoms with Crippen molar-refractivity contribution in [1.82, 2.24) is 0 Å². The van der Waals surface area contributed by atoms with Crippen molar-refractivity contribution in [2.45, 2.75) is 6.18 Å². The highest BCUT2D eigenvalue weighted by atomic mass is 19.4. The molecule has 24 heavy (non-hydrogen) atoms. The molecule has 124 valence electrons. The molecule has 0 spiro atoms. The van der Waals surface area contributed by atoms with Gasteiger partial charge in [0.2, 0.25) is 5.70 Å². The molecule has 0 radical (unpaired) electrons. The van der Waals surface area contributed by atoms with E-state index >= 15 is 0 Å². The van der Waals surface area contributed by atoms with Crippen molar-refractivity contribution in [3.8, 4) is 0 Å². The molecule has 0 atom stereocenters. The Morgan fingerprint density at radius 2 is 1.58 bits per heavy atom. The number of alkyl halides is 3. The quantitative estimate of drug-likeness (QED) is 0.495. The summed E-state index contributed by atoms with van der Waals surface area (Å²) >= 11 is 0. The van der Waals surface area contributed by atoms with E-state index in [1.165, 1.54) is 12.1 Å². The van der Waals surface area contributed by atoms with Crippen LogP contribution in [-0.2, 0) is 11.0 Å². The molecule has 0 saturated heterocycles. The van der Waals surface area contributed by atoms with Crippen molar-refractivity contribution in [2.75, 3.05) is 5.32 Å². The zero-order chi connectivity index (χ0) is 17.7. The molecule has 0 aliphatic heterocycles. The number of rotatable bonds is 4. The Hall–Kier alpha value is -3.16. The van der Waals surface area contributed by atoms with Crippen LogP contribution in [0.3, 0.4) is 0 Å². The fourth-order valence-corrected chi connectivity index (χ4v) is 1.86. The van der Waals surface area contributed by atoms with Crippen molar-refractivity contribution in [3.63, 3.8) is 0 Å². The number of anilines is 1. The normalized spacial score (nSPS) is 12.3. The van der Waals surface area contributed by atoms with Crippen LogP contribution in [0.25, 0.3) is 5.76 Å². The number of halogens is 3. The third kappa shape index (κ3) is 3.97. The summed E-state index contributed by atoms with van der Waals surface area (Å²) < 4.78 is 37.4. The van der Waals surface area contributed by atoms with Gasteiger partial charge < -0.3 is 10.4 Å². The number of carbonyl (C=O) groups is 1. The molecule has 5 nitrogen and oxygen atoms in total. The summed E-state index contributed by atoms with van der Waals surface area (Å²) in [6.07, 6.45) is -4.50. The lowest BCUT2D eigenvalue weighted by molar-refractivity contribution is -0.137. The molecule has 0 bridgehead atoms. The van der Waals surface area contributed by atoms with E-state index in [9.17, 15) is 28.0 Å². The van der Waals surface area contributed by atoms with Crippen LogP contribution in [0.4, 0.5) is 18.9 Å². The highest BCUT2D eigenvalue weighted by molar-refractivity contribution is 6.07. The maximum Gasteiger partial charge on any atom is 0.416 e. The fraction of sp³-hybridized carbons (Fsp3) is 0.0625. The molecule has 2 N–H and O–H groups in total. The van der Waals surface area contributed by atoms with E-state index in [4.69, 9.17) is 0 Å². The molecule has 8 heteroatoms. The minimum absolute atomic E-state index is 0.0232. The van der Waals surface area contributed by atoms with Gasteiger partial charge in [-0.25, -0.2) is 0 Å². The Balaban J connectivity index is 2.23. The molecule has 1 amide bonds. The Morgan fingerprint density at radius 3 is 2.08 bits per heavy atom. The molecule has 0 unspecified atom stereocenters. The molecule has 0 heterocycles. The van der Waals surface area contributed by atoms with E-state index in [2.05, 4.69) is 10.5 Å². The number of aliphatic hydroxyl groups is 1. The van der Waals surface area contributed by atoms with E-state index < -0.39 is 29.1 Å². The van der Waals surface area contributed by atoms with Gasteiger partial charge in [0.05, 0.1) is 5.56 Å². The van der Waals surface area contributed by atoms with Crippen LogP contribution in [0.1, 0.15) is 11.1 Å². The van der Waals surface area contributed by atoms with Crippen molar-refractivity contribution in [1.29, 1.82) is 0 Å². The van der Waals surface area contributed by atoms with Gasteiger partial charge in [0.25, 0.3) is 5.91 Å². The van der Waals surface area contributed by atoms with E-state index in [-0.39, 0.29) is 11.3 Å². The number of hydrogen-bond donors (Lipinski definition) is 2. The van der Waals surface area contributed by atoms with Crippen LogP contribution >= 0.6 is 0 Å². The monoisotopic (exact) mass is 336 g/mol. The third-order valence-electron chi connectivity index (χ3n) is 3.05. The van der Waals surface area contributed by atoms with Gasteiger partial charge >= 0.3 is 6.18 Å². The van der Waals surface area contributed by atoms with Crippen molar-refractivity contribution < 1.29 is 23.1 Å². The van der Waals surface area contributed by atoms with E-state index in [1.54, 1.807) is 18.2 Å².